The van der Waals surface area contributed by atoms with Gasteiger partial charge in [0, 0.05) is 16.3 Å². The molecule has 0 saturated heterocycles. The molecule has 0 atom stereocenters. The number of anilines is 2. The number of amides is 1. The molecule has 0 fully saturated rings. The van der Waals surface area contributed by atoms with Crippen molar-refractivity contribution < 1.29 is 17.9 Å². The summed E-state index contributed by atoms with van der Waals surface area (Å²) in [6.45, 7) is 1.60. The number of benzene rings is 3. The van der Waals surface area contributed by atoms with Gasteiger partial charge in [0.2, 0.25) is 15.9 Å². The Labute approximate surface area is 193 Å². The zero-order valence-electron chi connectivity index (χ0n) is 18.2. The van der Waals surface area contributed by atoms with Gasteiger partial charge < -0.3 is 10.1 Å². The molecule has 0 aliphatic carbocycles. The van der Waals surface area contributed by atoms with Crippen LogP contribution in [0.25, 0.3) is 0 Å². The molecule has 0 heterocycles. The first-order valence-electron chi connectivity index (χ1n) is 9.95. The highest BCUT2D eigenvalue weighted by molar-refractivity contribution is 7.98. The average molecular weight is 471 g/mol. The minimum Gasteiger partial charge on any atom is -0.497 e. The second-order valence-corrected chi connectivity index (χ2v) is 10.2. The molecule has 32 heavy (non-hydrogen) atoms. The number of sulfonamides is 1. The largest absolute Gasteiger partial charge is 0.497 e. The Kier molecular flexibility index (Phi) is 7.82. The highest BCUT2D eigenvalue weighted by Crippen LogP contribution is 2.25. The van der Waals surface area contributed by atoms with E-state index >= 15 is 0 Å². The molecule has 0 aromatic heterocycles. The molecule has 3 aromatic rings. The van der Waals surface area contributed by atoms with Gasteiger partial charge in [0.25, 0.3) is 0 Å². The summed E-state index contributed by atoms with van der Waals surface area (Å²) in [5.41, 5.74) is 3.12. The molecule has 0 aliphatic heterocycles. The third-order valence-corrected chi connectivity index (χ3v) is 6.99. The Morgan fingerprint density at radius 3 is 2.31 bits per heavy atom. The van der Waals surface area contributed by atoms with E-state index in [2.05, 4.69) is 17.4 Å². The van der Waals surface area contributed by atoms with E-state index in [0.717, 1.165) is 27.4 Å². The second-order valence-electron chi connectivity index (χ2n) is 7.27. The Hall–Kier alpha value is -2.97. The number of aryl methyl sites for hydroxylation is 1. The zero-order valence-corrected chi connectivity index (χ0v) is 19.9. The standard InChI is InChI=1S/C24H26N2O4S2/c1-18-15-19(17-31-22-7-5-4-6-8-22)9-14-23(18)25-24(27)16-26(32(3,28)29)20-10-12-21(30-2)13-11-20/h4-15H,16-17H2,1-3H3,(H,25,27). The summed E-state index contributed by atoms with van der Waals surface area (Å²) in [7, 11) is -2.11. The number of thioether (sulfide) groups is 1. The van der Waals surface area contributed by atoms with Crippen LogP contribution in [0.5, 0.6) is 5.75 Å². The molecule has 0 radical (unpaired) electrons. The fraction of sp³-hybridized carbons (Fsp3) is 0.208. The maximum atomic E-state index is 12.7. The van der Waals surface area contributed by atoms with Crippen LogP contribution in [0.15, 0.2) is 77.7 Å². The summed E-state index contributed by atoms with van der Waals surface area (Å²) < 4.78 is 30.8. The van der Waals surface area contributed by atoms with Crippen molar-refractivity contribution >= 4 is 39.1 Å². The van der Waals surface area contributed by atoms with Crippen molar-refractivity contribution in [1.29, 1.82) is 0 Å². The molecule has 3 aromatic carbocycles. The first-order chi connectivity index (χ1) is 15.3. The van der Waals surface area contributed by atoms with E-state index in [-0.39, 0.29) is 6.54 Å². The predicted molar refractivity (Wildman–Crippen MR) is 131 cm³/mol. The zero-order chi connectivity index (χ0) is 23.1. The molecule has 1 amide bonds. The number of nitrogens with one attached hydrogen (secondary N) is 1. The van der Waals surface area contributed by atoms with Crippen molar-refractivity contribution in [2.75, 3.05) is 29.5 Å². The monoisotopic (exact) mass is 470 g/mol. The molecule has 0 saturated carbocycles. The quantitative estimate of drug-likeness (QED) is 0.459. The SMILES string of the molecule is COc1ccc(N(CC(=O)Nc2ccc(CSc3ccccc3)cc2C)S(C)(=O)=O)cc1. The van der Waals surface area contributed by atoms with E-state index in [1.807, 2.05) is 43.3 Å². The fourth-order valence-electron chi connectivity index (χ4n) is 3.11. The van der Waals surface area contributed by atoms with Crippen LogP contribution in [-0.2, 0) is 20.6 Å². The summed E-state index contributed by atoms with van der Waals surface area (Å²) in [6, 6.07) is 22.5. The Balaban J connectivity index is 1.66. The summed E-state index contributed by atoms with van der Waals surface area (Å²) in [5.74, 6) is 1.01. The fourth-order valence-corrected chi connectivity index (χ4v) is 4.83. The van der Waals surface area contributed by atoms with Crippen LogP contribution in [0.2, 0.25) is 0 Å². The summed E-state index contributed by atoms with van der Waals surface area (Å²) in [4.78, 5) is 13.9. The van der Waals surface area contributed by atoms with E-state index in [4.69, 9.17) is 4.74 Å². The number of carbonyl (C=O) groups is 1. The lowest BCUT2D eigenvalue weighted by Gasteiger charge is -2.22. The highest BCUT2D eigenvalue weighted by atomic mass is 32.2. The minimum atomic E-state index is -3.65. The molecule has 0 spiro atoms. The smallest absolute Gasteiger partial charge is 0.245 e. The Bertz CT molecular complexity index is 1160. The summed E-state index contributed by atoms with van der Waals surface area (Å²) in [6.07, 6.45) is 1.08. The predicted octanol–water partition coefficient (Wildman–Crippen LogP) is 4.70. The average Bonchev–Trinajstić information content (AvgIpc) is 2.78. The lowest BCUT2D eigenvalue weighted by molar-refractivity contribution is -0.114. The molecule has 0 bridgehead atoms. The van der Waals surface area contributed by atoms with Crippen LogP contribution in [0.3, 0.4) is 0 Å². The normalized spacial score (nSPS) is 11.1. The maximum Gasteiger partial charge on any atom is 0.245 e. The van der Waals surface area contributed by atoms with E-state index in [0.29, 0.717) is 17.1 Å². The highest BCUT2D eigenvalue weighted by Gasteiger charge is 2.21. The lowest BCUT2D eigenvalue weighted by Crippen LogP contribution is -2.37. The maximum absolute atomic E-state index is 12.7. The van der Waals surface area contributed by atoms with E-state index < -0.39 is 15.9 Å². The molecular formula is C24H26N2O4S2. The van der Waals surface area contributed by atoms with Crippen molar-refractivity contribution in [3.05, 3.63) is 83.9 Å². The minimum absolute atomic E-state index is 0.323. The van der Waals surface area contributed by atoms with Gasteiger partial charge in [-0.1, -0.05) is 30.3 Å². The lowest BCUT2D eigenvalue weighted by atomic mass is 10.1. The van der Waals surface area contributed by atoms with Gasteiger partial charge in [-0.25, -0.2) is 8.42 Å². The number of nitrogens with zero attached hydrogens (tertiary/aromatic N) is 1. The topological polar surface area (TPSA) is 75.7 Å². The van der Waals surface area contributed by atoms with E-state index in [1.165, 1.54) is 12.0 Å². The summed E-state index contributed by atoms with van der Waals surface area (Å²) in [5, 5.41) is 2.83. The van der Waals surface area contributed by atoms with Crippen LogP contribution in [-0.4, -0.2) is 34.2 Å². The number of carbonyl (C=O) groups excluding carboxylic acids is 1. The van der Waals surface area contributed by atoms with Crippen LogP contribution in [0, 0.1) is 6.92 Å². The van der Waals surface area contributed by atoms with Crippen molar-refractivity contribution in [3.63, 3.8) is 0 Å². The van der Waals surface area contributed by atoms with Gasteiger partial charge in [0.05, 0.1) is 19.1 Å². The Morgan fingerprint density at radius 2 is 1.72 bits per heavy atom. The molecule has 3 rings (SSSR count). The van der Waals surface area contributed by atoms with Gasteiger partial charge in [-0.2, -0.15) is 0 Å². The van der Waals surface area contributed by atoms with Gasteiger partial charge in [-0.3, -0.25) is 9.10 Å². The van der Waals surface area contributed by atoms with Crippen molar-refractivity contribution in [2.24, 2.45) is 0 Å². The molecule has 8 heteroatoms. The first-order valence-corrected chi connectivity index (χ1v) is 12.8. The summed E-state index contributed by atoms with van der Waals surface area (Å²) >= 11 is 1.74. The third kappa shape index (κ3) is 6.51. The van der Waals surface area contributed by atoms with Gasteiger partial charge in [0.15, 0.2) is 0 Å². The second kappa shape index (κ2) is 10.6. The number of hydrogen-bond acceptors (Lipinski definition) is 5. The molecular weight excluding hydrogens is 444 g/mol. The third-order valence-electron chi connectivity index (χ3n) is 4.76. The van der Waals surface area contributed by atoms with Crippen LogP contribution < -0.4 is 14.4 Å². The van der Waals surface area contributed by atoms with Crippen LogP contribution in [0.4, 0.5) is 11.4 Å². The molecule has 0 unspecified atom stereocenters. The van der Waals surface area contributed by atoms with Crippen molar-refractivity contribution in [1.82, 2.24) is 0 Å². The van der Waals surface area contributed by atoms with Gasteiger partial charge in [0.1, 0.15) is 12.3 Å². The Morgan fingerprint density at radius 1 is 1.03 bits per heavy atom. The number of hydrogen-bond donors (Lipinski definition) is 1. The van der Waals surface area contributed by atoms with Crippen molar-refractivity contribution in [3.8, 4) is 5.75 Å². The number of ether oxygens (including phenoxy) is 1. The van der Waals surface area contributed by atoms with Gasteiger partial charge in [-0.15, -0.1) is 11.8 Å². The van der Waals surface area contributed by atoms with Crippen molar-refractivity contribution in [2.45, 2.75) is 17.6 Å². The molecule has 6 nitrogen and oxygen atoms in total. The number of methoxy groups -OCH3 is 1. The molecule has 0 aliphatic rings. The van der Waals surface area contributed by atoms with Crippen LogP contribution >= 0.6 is 11.8 Å². The van der Waals surface area contributed by atoms with Crippen LogP contribution in [0.1, 0.15) is 11.1 Å². The molecule has 168 valence electrons. The first kappa shape index (κ1) is 23.7. The molecule has 1 N–H and O–H groups in total. The van der Waals surface area contributed by atoms with Gasteiger partial charge in [-0.05, 0) is 60.5 Å². The van der Waals surface area contributed by atoms with E-state index in [1.54, 1.807) is 36.0 Å². The number of rotatable bonds is 9. The van der Waals surface area contributed by atoms with E-state index in [9.17, 15) is 13.2 Å². The van der Waals surface area contributed by atoms with Gasteiger partial charge >= 0.3 is 0 Å².